The summed E-state index contributed by atoms with van der Waals surface area (Å²) in [5.41, 5.74) is 0.908. The summed E-state index contributed by atoms with van der Waals surface area (Å²) in [6.45, 7) is 3.83. The number of carbonyl (C=O) groups is 2. The van der Waals surface area contributed by atoms with Gasteiger partial charge >= 0.3 is 11.9 Å². The summed E-state index contributed by atoms with van der Waals surface area (Å²) in [5, 5.41) is 0. The molecule has 1 aliphatic rings. The van der Waals surface area contributed by atoms with E-state index in [1.54, 1.807) is 6.92 Å². The first-order valence-electron chi connectivity index (χ1n) is 6.07. The summed E-state index contributed by atoms with van der Waals surface area (Å²) in [4.78, 5) is 23.5. The zero-order valence-corrected chi connectivity index (χ0v) is 10.5. The monoisotopic (exact) mass is 248 g/mol. The lowest BCUT2D eigenvalue weighted by Gasteiger charge is -2.15. The van der Waals surface area contributed by atoms with Gasteiger partial charge in [-0.3, -0.25) is 9.59 Å². The Balaban J connectivity index is 2.19. The fourth-order valence-corrected chi connectivity index (χ4v) is 2.25. The molecule has 2 rings (SSSR count). The summed E-state index contributed by atoms with van der Waals surface area (Å²) in [6, 6.07) is 9.44. The molecule has 96 valence electrons. The van der Waals surface area contributed by atoms with E-state index in [0.717, 1.165) is 5.56 Å². The van der Waals surface area contributed by atoms with Gasteiger partial charge in [0.1, 0.15) is 6.10 Å². The number of benzene rings is 1. The van der Waals surface area contributed by atoms with Gasteiger partial charge in [0, 0.05) is 5.92 Å². The van der Waals surface area contributed by atoms with E-state index in [9.17, 15) is 9.59 Å². The van der Waals surface area contributed by atoms with Crippen LogP contribution < -0.4 is 0 Å². The number of esters is 2. The predicted molar refractivity (Wildman–Crippen MR) is 64.6 cm³/mol. The zero-order chi connectivity index (χ0) is 13.1. The molecule has 1 aliphatic heterocycles. The molecular formula is C14H16O4. The van der Waals surface area contributed by atoms with Crippen LogP contribution in [0.3, 0.4) is 0 Å². The van der Waals surface area contributed by atoms with E-state index in [-0.39, 0.29) is 18.6 Å². The van der Waals surface area contributed by atoms with Crippen LogP contribution in [0.15, 0.2) is 30.3 Å². The van der Waals surface area contributed by atoms with Crippen LogP contribution in [-0.2, 0) is 19.1 Å². The van der Waals surface area contributed by atoms with E-state index >= 15 is 0 Å². The topological polar surface area (TPSA) is 52.6 Å². The molecule has 18 heavy (non-hydrogen) atoms. The minimum absolute atomic E-state index is 0.209. The van der Waals surface area contributed by atoms with E-state index in [0.29, 0.717) is 0 Å². The van der Waals surface area contributed by atoms with Crippen LogP contribution in [0.25, 0.3) is 0 Å². The highest BCUT2D eigenvalue weighted by atomic mass is 16.6. The Morgan fingerprint density at radius 3 is 2.61 bits per heavy atom. The Morgan fingerprint density at radius 1 is 1.33 bits per heavy atom. The zero-order valence-electron chi connectivity index (χ0n) is 10.5. The van der Waals surface area contributed by atoms with Gasteiger partial charge in [-0.1, -0.05) is 37.3 Å². The number of hydrogen-bond acceptors (Lipinski definition) is 4. The number of ether oxygens (including phenoxy) is 2. The first kappa shape index (κ1) is 12.6. The Morgan fingerprint density at radius 2 is 2.00 bits per heavy atom. The molecule has 0 aliphatic carbocycles. The van der Waals surface area contributed by atoms with E-state index in [2.05, 4.69) is 0 Å². The third kappa shape index (κ3) is 2.23. The molecule has 0 bridgehead atoms. The minimum Gasteiger partial charge on any atom is -0.465 e. The van der Waals surface area contributed by atoms with Crippen molar-refractivity contribution in [1.82, 2.24) is 0 Å². The molecule has 4 nitrogen and oxygen atoms in total. The molecule has 1 heterocycles. The van der Waals surface area contributed by atoms with Crippen LogP contribution in [0, 0.1) is 11.8 Å². The van der Waals surface area contributed by atoms with Crippen LogP contribution in [-0.4, -0.2) is 18.5 Å². The maximum atomic E-state index is 11.8. The van der Waals surface area contributed by atoms with Gasteiger partial charge in [0.15, 0.2) is 5.92 Å². The molecule has 1 aromatic carbocycles. The second-order valence-corrected chi connectivity index (χ2v) is 4.36. The van der Waals surface area contributed by atoms with Crippen molar-refractivity contribution >= 4 is 11.9 Å². The fraction of sp³-hybridized carbons (Fsp3) is 0.429. The molecule has 1 fully saturated rings. The van der Waals surface area contributed by atoms with Crippen molar-refractivity contribution in [3.63, 3.8) is 0 Å². The molecule has 1 aromatic rings. The van der Waals surface area contributed by atoms with Crippen LogP contribution in [0.1, 0.15) is 25.5 Å². The molecule has 1 saturated heterocycles. The van der Waals surface area contributed by atoms with Gasteiger partial charge in [-0.15, -0.1) is 0 Å². The third-order valence-electron chi connectivity index (χ3n) is 3.17. The van der Waals surface area contributed by atoms with Crippen molar-refractivity contribution in [2.45, 2.75) is 20.0 Å². The Kier molecular flexibility index (Phi) is 3.65. The Labute approximate surface area is 106 Å². The average molecular weight is 248 g/mol. The molecular weight excluding hydrogens is 232 g/mol. The molecule has 0 saturated carbocycles. The van der Waals surface area contributed by atoms with E-state index in [4.69, 9.17) is 9.47 Å². The summed E-state index contributed by atoms with van der Waals surface area (Å²) in [6.07, 6.45) is -0.367. The van der Waals surface area contributed by atoms with Crippen LogP contribution >= 0.6 is 0 Å². The van der Waals surface area contributed by atoms with Gasteiger partial charge in [0.2, 0.25) is 0 Å². The predicted octanol–water partition coefficient (Wildman–Crippen LogP) is 2.10. The van der Waals surface area contributed by atoms with Crippen LogP contribution in [0.4, 0.5) is 0 Å². The van der Waals surface area contributed by atoms with Crippen molar-refractivity contribution in [3.05, 3.63) is 35.9 Å². The first-order chi connectivity index (χ1) is 8.65. The van der Waals surface area contributed by atoms with Crippen molar-refractivity contribution in [2.24, 2.45) is 11.8 Å². The van der Waals surface area contributed by atoms with Crippen molar-refractivity contribution < 1.29 is 19.1 Å². The summed E-state index contributed by atoms with van der Waals surface area (Å²) in [7, 11) is 0. The van der Waals surface area contributed by atoms with E-state index < -0.39 is 17.9 Å². The molecule has 0 amide bonds. The van der Waals surface area contributed by atoms with E-state index in [1.165, 1.54) is 0 Å². The molecule has 0 spiro atoms. The van der Waals surface area contributed by atoms with Gasteiger partial charge in [-0.25, -0.2) is 0 Å². The third-order valence-corrected chi connectivity index (χ3v) is 3.17. The molecule has 0 N–H and O–H groups in total. The number of hydrogen-bond donors (Lipinski definition) is 0. The summed E-state index contributed by atoms with van der Waals surface area (Å²) in [5.74, 6) is -2.00. The van der Waals surface area contributed by atoms with Gasteiger partial charge < -0.3 is 9.47 Å². The SMILES string of the molecule is CCOC(=O)C1C(=O)O[C@H](c2ccccc2)[C@H]1C. The summed E-state index contributed by atoms with van der Waals surface area (Å²) >= 11 is 0. The quantitative estimate of drug-likeness (QED) is 0.607. The molecule has 0 aromatic heterocycles. The lowest BCUT2D eigenvalue weighted by Crippen LogP contribution is -2.26. The highest BCUT2D eigenvalue weighted by Crippen LogP contribution is 2.39. The number of cyclic esters (lactones) is 1. The van der Waals surface area contributed by atoms with E-state index in [1.807, 2.05) is 37.3 Å². The Bertz CT molecular complexity index is 440. The number of rotatable bonds is 3. The maximum absolute atomic E-state index is 11.8. The highest BCUT2D eigenvalue weighted by Gasteiger charge is 2.47. The van der Waals surface area contributed by atoms with Crippen LogP contribution in [0.5, 0.6) is 0 Å². The van der Waals surface area contributed by atoms with Crippen LogP contribution in [0.2, 0.25) is 0 Å². The highest BCUT2D eigenvalue weighted by molar-refractivity contribution is 5.96. The van der Waals surface area contributed by atoms with Crippen molar-refractivity contribution in [1.29, 1.82) is 0 Å². The van der Waals surface area contributed by atoms with Crippen molar-refractivity contribution in [3.8, 4) is 0 Å². The average Bonchev–Trinajstić information content (AvgIpc) is 2.66. The normalized spacial score (nSPS) is 26.8. The first-order valence-corrected chi connectivity index (χ1v) is 6.07. The summed E-state index contributed by atoms with van der Waals surface area (Å²) < 4.78 is 10.2. The molecule has 1 unspecified atom stereocenters. The van der Waals surface area contributed by atoms with Gasteiger partial charge in [0.25, 0.3) is 0 Å². The fourth-order valence-electron chi connectivity index (χ4n) is 2.25. The van der Waals surface area contributed by atoms with Gasteiger partial charge in [-0.05, 0) is 12.5 Å². The smallest absolute Gasteiger partial charge is 0.321 e. The maximum Gasteiger partial charge on any atom is 0.321 e. The van der Waals surface area contributed by atoms with Gasteiger partial charge in [0.05, 0.1) is 6.61 Å². The number of carbonyl (C=O) groups excluding carboxylic acids is 2. The minimum atomic E-state index is -0.810. The second kappa shape index (κ2) is 5.21. The second-order valence-electron chi connectivity index (χ2n) is 4.36. The largest absolute Gasteiger partial charge is 0.465 e. The molecule has 0 radical (unpaired) electrons. The van der Waals surface area contributed by atoms with Gasteiger partial charge in [-0.2, -0.15) is 0 Å². The Hall–Kier alpha value is -1.84. The standard InChI is InChI=1S/C14H16O4/c1-3-17-13(15)11-9(2)12(18-14(11)16)10-7-5-4-6-8-10/h4-9,11-12H,3H2,1-2H3/t9-,11?,12-/m0/s1. The lowest BCUT2D eigenvalue weighted by atomic mass is 9.89. The molecule has 4 heteroatoms. The van der Waals surface area contributed by atoms with Crippen molar-refractivity contribution in [2.75, 3.05) is 6.61 Å². The molecule has 3 atom stereocenters. The lowest BCUT2D eigenvalue weighted by molar-refractivity contribution is -0.156.